The molecule has 0 bridgehead atoms. The van der Waals surface area contributed by atoms with Gasteiger partial charge in [-0.05, 0) is 20.8 Å². The molecule has 7 nitrogen and oxygen atoms in total. The molecule has 0 radical (unpaired) electrons. The Hall–Kier alpha value is -2.22. The lowest BCUT2D eigenvalue weighted by Crippen LogP contribution is -1.99. The second-order valence-corrected chi connectivity index (χ2v) is 5.46. The van der Waals surface area contributed by atoms with Gasteiger partial charge in [0.1, 0.15) is 0 Å². The first kappa shape index (κ1) is 14.2. The van der Waals surface area contributed by atoms with E-state index in [2.05, 4.69) is 5.10 Å². The summed E-state index contributed by atoms with van der Waals surface area (Å²) in [5, 5.41) is 15.1. The average Bonchev–Trinajstić information content (AvgIpc) is 2.96. The Kier molecular flexibility index (Phi) is 3.84. The van der Waals surface area contributed by atoms with E-state index in [0.717, 1.165) is 11.3 Å². The normalized spacial score (nSPS) is 10.8. The van der Waals surface area contributed by atoms with Gasteiger partial charge in [0.05, 0.1) is 22.2 Å². The van der Waals surface area contributed by atoms with Crippen LogP contribution in [-0.2, 0) is 0 Å². The van der Waals surface area contributed by atoms with E-state index in [1.165, 1.54) is 19.2 Å². The first-order valence-corrected chi connectivity index (χ1v) is 6.71. The molecule has 2 rings (SSSR count). The Morgan fingerprint density at radius 2 is 2.25 bits per heavy atom. The number of aromatic nitrogens is 2. The molecular formula is C12H13N3O4S. The number of hydrogen-bond acceptors (Lipinski definition) is 6. The van der Waals surface area contributed by atoms with Crippen LogP contribution in [0.15, 0.2) is 18.5 Å². The van der Waals surface area contributed by atoms with E-state index in [9.17, 15) is 14.9 Å². The van der Waals surface area contributed by atoms with Crippen molar-refractivity contribution in [3.05, 3.63) is 33.5 Å². The van der Waals surface area contributed by atoms with E-state index in [-0.39, 0.29) is 22.6 Å². The summed E-state index contributed by atoms with van der Waals surface area (Å²) >= 11 is 0.958. The van der Waals surface area contributed by atoms with Crippen LogP contribution in [0.1, 0.15) is 36.5 Å². The van der Waals surface area contributed by atoms with Crippen LogP contribution in [0.5, 0.6) is 10.8 Å². The molecule has 0 aliphatic carbocycles. The third kappa shape index (κ3) is 2.85. The van der Waals surface area contributed by atoms with E-state index in [1.807, 2.05) is 13.8 Å². The maximum Gasteiger partial charge on any atom is 0.323 e. The highest BCUT2D eigenvalue weighted by Gasteiger charge is 2.23. The van der Waals surface area contributed by atoms with E-state index >= 15 is 0 Å². The van der Waals surface area contributed by atoms with Crippen molar-refractivity contribution in [1.82, 2.24) is 9.78 Å². The van der Waals surface area contributed by atoms with Crippen LogP contribution in [0.25, 0.3) is 0 Å². The van der Waals surface area contributed by atoms with Crippen LogP contribution in [0.3, 0.4) is 0 Å². The Morgan fingerprint density at radius 3 is 2.75 bits per heavy atom. The van der Waals surface area contributed by atoms with E-state index in [1.54, 1.807) is 10.9 Å². The zero-order chi connectivity index (χ0) is 14.9. The van der Waals surface area contributed by atoms with Crippen LogP contribution in [0, 0.1) is 10.1 Å². The maximum absolute atomic E-state index is 11.3. The monoisotopic (exact) mass is 295 g/mol. The molecule has 2 aromatic heterocycles. The fourth-order valence-corrected chi connectivity index (χ4v) is 2.39. The zero-order valence-electron chi connectivity index (χ0n) is 11.2. The van der Waals surface area contributed by atoms with Gasteiger partial charge in [-0.15, -0.1) is 0 Å². The van der Waals surface area contributed by atoms with Crippen LogP contribution < -0.4 is 4.74 Å². The van der Waals surface area contributed by atoms with Gasteiger partial charge in [-0.2, -0.15) is 5.10 Å². The molecule has 20 heavy (non-hydrogen) atoms. The van der Waals surface area contributed by atoms with E-state index in [4.69, 9.17) is 4.74 Å². The Morgan fingerprint density at radius 1 is 1.55 bits per heavy atom. The molecule has 2 aromatic rings. The van der Waals surface area contributed by atoms with Crippen molar-refractivity contribution in [2.75, 3.05) is 0 Å². The fourth-order valence-electron chi connectivity index (χ4n) is 1.50. The van der Waals surface area contributed by atoms with Crippen molar-refractivity contribution in [2.45, 2.75) is 26.8 Å². The summed E-state index contributed by atoms with van der Waals surface area (Å²) in [5.74, 6) is 0.171. The van der Waals surface area contributed by atoms with Gasteiger partial charge in [0.2, 0.25) is 0 Å². The summed E-state index contributed by atoms with van der Waals surface area (Å²) in [6, 6.07) is 1.40. The summed E-state index contributed by atoms with van der Waals surface area (Å²) in [6.45, 7) is 5.27. The zero-order valence-corrected chi connectivity index (χ0v) is 12.0. The van der Waals surface area contributed by atoms with Gasteiger partial charge in [0.25, 0.3) is 5.06 Å². The molecule has 2 heterocycles. The molecule has 8 heteroatoms. The third-order valence-corrected chi connectivity index (χ3v) is 3.64. The summed E-state index contributed by atoms with van der Waals surface area (Å²) in [4.78, 5) is 22.0. The molecule has 0 saturated carbocycles. The fraction of sp³-hybridized carbons (Fsp3) is 0.333. The average molecular weight is 295 g/mol. The molecule has 0 spiro atoms. The highest BCUT2D eigenvalue weighted by molar-refractivity contribution is 7.16. The lowest BCUT2D eigenvalue weighted by molar-refractivity contribution is -0.385. The number of nitrogens with zero attached hydrogens (tertiary/aromatic N) is 3. The largest absolute Gasteiger partial charge is 0.437 e. The molecule has 0 unspecified atom stereocenters. The predicted octanol–water partition coefficient (Wildman–Crippen LogP) is 3.43. The lowest BCUT2D eigenvalue weighted by atomic mass is 10.3. The molecule has 106 valence electrons. The smallest absolute Gasteiger partial charge is 0.323 e. The molecule has 0 saturated heterocycles. The third-order valence-electron chi connectivity index (χ3n) is 2.54. The number of carbonyl (C=O) groups excluding carboxylic acids is 1. The quantitative estimate of drug-likeness (QED) is 0.479. The minimum atomic E-state index is -0.564. The van der Waals surface area contributed by atoms with E-state index < -0.39 is 4.92 Å². The number of nitro groups is 1. The minimum Gasteiger partial charge on any atom is -0.437 e. The standard InChI is InChI=1S/C12H13N3O4S/c1-7(2)14-6-9(5-13-14)19-12-10(15(17)18)4-11(20-12)8(3)16/h4-7H,1-3H3. The molecule has 0 aliphatic rings. The van der Waals surface area contributed by atoms with Gasteiger partial charge >= 0.3 is 5.69 Å². The number of ether oxygens (including phenoxy) is 1. The molecule has 0 aliphatic heterocycles. The SMILES string of the molecule is CC(=O)c1cc([N+](=O)[O-])c(Oc2cnn(C(C)C)c2)s1. The van der Waals surface area contributed by atoms with Crippen molar-refractivity contribution in [1.29, 1.82) is 0 Å². The molecule has 0 N–H and O–H groups in total. The maximum atomic E-state index is 11.3. The highest BCUT2D eigenvalue weighted by Crippen LogP contribution is 2.39. The molecule has 0 atom stereocenters. The van der Waals surface area contributed by atoms with Crippen molar-refractivity contribution < 1.29 is 14.5 Å². The second kappa shape index (κ2) is 5.41. The number of hydrogen-bond donors (Lipinski definition) is 0. The first-order valence-electron chi connectivity index (χ1n) is 5.89. The molecule has 0 fully saturated rings. The summed E-state index contributed by atoms with van der Waals surface area (Å²) in [5.41, 5.74) is -0.211. The van der Waals surface area contributed by atoms with Crippen molar-refractivity contribution in [3.63, 3.8) is 0 Å². The van der Waals surface area contributed by atoms with Crippen molar-refractivity contribution in [3.8, 4) is 10.8 Å². The molecule has 0 aromatic carbocycles. The Bertz CT molecular complexity index is 659. The van der Waals surface area contributed by atoms with Gasteiger partial charge < -0.3 is 4.74 Å². The van der Waals surface area contributed by atoms with Crippen LogP contribution >= 0.6 is 11.3 Å². The molecule has 0 amide bonds. The summed E-state index contributed by atoms with van der Waals surface area (Å²) < 4.78 is 7.15. The summed E-state index contributed by atoms with van der Waals surface area (Å²) in [7, 11) is 0. The van der Waals surface area contributed by atoms with Crippen molar-refractivity contribution >= 4 is 22.8 Å². The Labute approximate surface area is 118 Å². The second-order valence-electron chi connectivity index (χ2n) is 4.45. The minimum absolute atomic E-state index is 0.0866. The lowest BCUT2D eigenvalue weighted by Gasteiger charge is -2.03. The molecular weight excluding hydrogens is 282 g/mol. The number of ketones is 1. The highest BCUT2D eigenvalue weighted by atomic mass is 32.1. The number of carbonyl (C=O) groups is 1. The van der Waals surface area contributed by atoms with Crippen LogP contribution in [0.4, 0.5) is 5.69 Å². The predicted molar refractivity (Wildman–Crippen MR) is 73.7 cm³/mol. The van der Waals surface area contributed by atoms with Gasteiger partial charge in [-0.1, -0.05) is 11.3 Å². The van der Waals surface area contributed by atoms with Crippen LogP contribution in [0.2, 0.25) is 0 Å². The van der Waals surface area contributed by atoms with Crippen molar-refractivity contribution in [2.24, 2.45) is 0 Å². The number of thiophene rings is 1. The van der Waals surface area contributed by atoms with E-state index in [0.29, 0.717) is 10.6 Å². The van der Waals surface area contributed by atoms with Gasteiger partial charge in [0, 0.05) is 12.1 Å². The van der Waals surface area contributed by atoms with Gasteiger partial charge in [-0.3, -0.25) is 19.6 Å². The van der Waals surface area contributed by atoms with Gasteiger partial charge in [0.15, 0.2) is 11.5 Å². The first-order chi connectivity index (χ1) is 9.38. The number of Topliss-reactive ketones (excluding diaryl/α,β-unsaturated/α-hetero) is 1. The topological polar surface area (TPSA) is 87.3 Å². The number of rotatable bonds is 5. The summed E-state index contributed by atoms with van der Waals surface area (Å²) in [6.07, 6.45) is 3.14. The van der Waals surface area contributed by atoms with Gasteiger partial charge in [-0.25, -0.2) is 0 Å². The Balaban J connectivity index is 2.31. The van der Waals surface area contributed by atoms with Crippen LogP contribution in [-0.4, -0.2) is 20.5 Å².